The van der Waals surface area contributed by atoms with E-state index in [-0.39, 0.29) is 28.8 Å². The standard InChI is InChI=1S/C20H15F3N6O4S.C5H11N/c1-10-7-11(28-33-10)9-34(30,31)29-18-13(21)8-15(16(22)17(18)23)32-19-12(3-2-5-25-19)14-4-6-26-20(24)27-14;1-2-4-6-5-3-1/h2-8,29H,9H2,1H3,(H2,24,26,27);6H,1-5H2. The minimum Gasteiger partial charge on any atom is -0.435 e. The van der Waals surface area contributed by atoms with Crippen LogP contribution in [0.15, 0.2) is 47.2 Å². The highest BCUT2D eigenvalue weighted by atomic mass is 32.2. The molecule has 0 saturated carbocycles. The van der Waals surface area contributed by atoms with Crippen LogP contribution >= 0.6 is 0 Å². The lowest BCUT2D eigenvalue weighted by molar-refractivity contribution is 0.392. The zero-order valence-corrected chi connectivity index (χ0v) is 22.1. The third-order valence-electron chi connectivity index (χ3n) is 5.53. The lowest BCUT2D eigenvalue weighted by Gasteiger charge is -2.14. The van der Waals surface area contributed by atoms with E-state index in [1.165, 1.54) is 75.9 Å². The molecule has 1 aliphatic heterocycles. The predicted molar refractivity (Wildman–Crippen MR) is 140 cm³/mol. The van der Waals surface area contributed by atoms with E-state index in [1.54, 1.807) is 4.72 Å². The Bertz CT molecular complexity index is 1570. The van der Waals surface area contributed by atoms with Crippen molar-refractivity contribution in [3.05, 3.63) is 71.6 Å². The van der Waals surface area contributed by atoms with Gasteiger partial charge in [-0.15, -0.1) is 0 Å². The molecule has 0 unspecified atom stereocenters. The lowest BCUT2D eigenvalue weighted by atomic mass is 10.2. The molecule has 0 atom stereocenters. The van der Waals surface area contributed by atoms with Crippen molar-refractivity contribution in [2.75, 3.05) is 23.5 Å². The van der Waals surface area contributed by atoms with Crippen LogP contribution in [0, 0.1) is 24.4 Å². The summed E-state index contributed by atoms with van der Waals surface area (Å²) in [6.07, 6.45) is 6.89. The number of piperidine rings is 1. The minimum atomic E-state index is -4.35. The van der Waals surface area contributed by atoms with Crippen LogP contribution in [0.5, 0.6) is 11.6 Å². The van der Waals surface area contributed by atoms with Crippen LogP contribution in [0.2, 0.25) is 0 Å². The van der Waals surface area contributed by atoms with Crippen LogP contribution in [0.1, 0.15) is 30.7 Å². The molecule has 4 heterocycles. The van der Waals surface area contributed by atoms with E-state index < -0.39 is 44.7 Å². The van der Waals surface area contributed by atoms with Crippen molar-refractivity contribution in [1.29, 1.82) is 0 Å². The fraction of sp³-hybridized carbons (Fsp3) is 0.280. The van der Waals surface area contributed by atoms with Crippen molar-refractivity contribution in [2.45, 2.75) is 31.9 Å². The first kappa shape index (κ1) is 28.8. The number of ether oxygens (including phenoxy) is 1. The minimum absolute atomic E-state index is 0.000665. The average Bonchev–Trinajstić information content (AvgIpc) is 3.34. The lowest BCUT2D eigenvalue weighted by Crippen LogP contribution is -2.21. The van der Waals surface area contributed by atoms with E-state index in [2.05, 4.69) is 25.4 Å². The van der Waals surface area contributed by atoms with Gasteiger partial charge in [0.25, 0.3) is 0 Å². The summed E-state index contributed by atoms with van der Waals surface area (Å²) >= 11 is 0. The molecule has 212 valence electrons. The molecule has 40 heavy (non-hydrogen) atoms. The van der Waals surface area contributed by atoms with Crippen LogP contribution in [0.25, 0.3) is 11.3 Å². The largest absolute Gasteiger partial charge is 0.435 e. The first-order valence-corrected chi connectivity index (χ1v) is 13.8. The molecule has 1 saturated heterocycles. The van der Waals surface area contributed by atoms with Gasteiger partial charge in [-0.1, -0.05) is 11.6 Å². The zero-order chi connectivity index (χ0) is 28.7. The van der Waals surface area contributed by atoms with Gasteiger partial charge in [-0.2, -0.15) is 4.39 Å². The fourth-order valence-corrected chi connectivity index (χ4v) is 4.81. The highest BCUT2D eigenvalue weighted by Gasteiger charge is 2.26. The van der Waals surface area contributed by atoms with Gasteiger partial charge in [0.05, 0.1) is 11.3 Å². The molecule has 0 aliphatic carbocycles. The van der Waals surface area contributed by atoms with Crippen LogP contribution in [-0.2, 0) is 15.8 Å². The Morgan fingerprint density at radius 1 is 1.07 bits per heavy atom. The number of hydrogen-bond acceptors (Lipinski definition) is 10. The van der Waals surface area contributed by atoms with E-state index in [9.17, 15) is 21.6 Å². The maximum atomic E-state index is 14.7. The normalized spacial score (nSPS) is 13.3. The molecule has 4 aromatic rings. The third-order valence-corrected chi connectivity index (χ3v) is 6.72. The zero-order valence-electron chi connectivity index (χ0n) is 21.3. The van der Waals surface area contributed by atoms with Crippen molar-refractivity contribution >= 4 is 21.7 Å². The summed E-state index contributed by atoms with van der Waals surface area (Å²) in [6, 6.07) is 6.35. The van der Waals surface area contributed by atoms with Gasteiger partial charge < -0.3 is 20.3 Å². The van der Waals surface area contributed by atoms with Gasteiger partial charge in [0, 0.05) is 24.5 Å². The van der Waals surface area contributed by atoms with Gasteiger partial charge in [0.1, 0.15) is 22.9 Å². The molecular weight excluding hydrogens is 551 g/mol. The second-order valence-corrected chi connectivity index (χ2v) is 10.4. The van der Waals surface area contributed by atoms with E-state index in [0.29, 0.717) is 11.8 Å². The van der Waals surface area contributed by atoms with Crippen LogP contribution < -0.4 is 20.5 Å². The molecular formula is C25H26F3N7O4S. The topological polar surface area (TPSA) is 158 Å². The summed E-state index contributed by atoms with van der Waals surface area (Å²) in [6.45, 7) is 4.04. The highest BCUT2D eigenvalue weighted by Crippen LogP contribution is 2.35. The Morgan fingerprint density at radius 3 is 2.48 bits per heavy atom. The van der Waals surface area contributed by atoms with Gasteiger partial charge in [-0.3, -0.25) is 4.72 Å². The Labute approximate surface area is 228 Å². The quantitative estimate of drug-likeness (QED) is 0.270. The van der Waals surface area contributed by atoms with Gasteiger partial charge in [-0.25, -0.2) is 32.2 Å². The van der Waals surface area contributed by atoms with Crippen LogP contribution in [0.4, 0.5) is 24.8 Å². The Morgan fingerprint density at radius 2 is 1.85 bits per heavy atom. The monoisotopic (exact) mass is 577 g/mol. The first-order chi connectivity index (χ1) is 19.1. The predicted octanol–water partition coefficient (Wildman–Crippen LogP) is 4.33. The number of hydrogen-bond donors (Lipinski definition) is 3. The molecule has 5 rings (SSSR count). The van der Waals surface area contributed by atoms with Crippen LogP contribution in [-0.4, -0.2) is 41.6 Å². The number of nitrogens with two attached hydrogens (primary N) is 1. The maximum Gasteiger partial charge on any atom is 0.238 e. The number of sulfonamides is 1. The Balaban J connectivity index is 0.000000546. The molecule has 0 amide bonds. The average molecular weight is 578 g/mol. The van der Waals surface area contributed by atoms with E-state index >= 15 is 0 Å². The molecule has 11 nitrogen and oxygen atoms in total. The van der Waals surface area contributed by atoms with Crippen molar-refractivity contribution in [2.24, 2.45) is 0 Å². The Hall–Kier alpha value is -4.24. The van der Waals surface area contributed by atoms with Crippen molar-refractivity contribution in [3.8, 4) is 22.9 Å². The van der Waals surface area contributed by atoms with Crippen LogP contribution in [0.3, 0.4) is 0 Å². The first-order valence-electron chi connectivity index (χ1n) is 12.2. The second-order valence-electron chi connectivity index (χ2n) is 8.72. The number of pyridine rings is 1. The van der Waals surface area contributed by atoms with Crippen molar-refractivity contribution < 1.29 is 30.8 Å². The number of nitrogens with one attached hydrogen (secondary N) is 2. The smallest absolute Gasteiger partial charge is 0.238 e. The van der Waals surface area contributed by atoms with Gasteiger partial charge in [-0.05, 0) is 51.1 Å². The molecule has 15 heteroatoms. The number of halogens is 3. The number of nitrogens with zero attached hydrogens (tertiary/aromatic N) is 4. The molecule has 0 radical (unpaired) electrons. The second kappa shape index (κ2) is 12.7. The molecule has 1 aliphatic rings. The molecule has 4 N–H and O–H groups in total. The summed E-state index contributed by atoms with van der Waals surface area (Å²) in [5.41, 5.74) is 4.87. The van der Waals surface area contributed by atoms with Crippen molar-refractivity contribution in [3.63, 3.8) is 0 Å². The van der Waals surface area contributed by atoms with Gasteiger partial charge in [0.15, 0.2) is 17.4 Å². The van der Waals surface area contributed by atoms with Crippen molar-refractivity contribution in [1.82, 2.24) is 25.4 Å². The number of anilines is 2. The molecule has 1 aromatic carbocycles. The van der Waals surface area contributed by atoms with E-state index in [4.69, 9.17) is 15.0 Å². The summed E-state index contributed by atoms with van der Waals surface area (Å²) in [7, 11) is -4.35. The summed E-state index contributed by atoms with van der Waals surface area (Å²) in [5, 5.41) is 6.79. The van der Waals surface area contributed by atoms with E-state index in [1.807, 2.05) is 0 Å². The fourth-order valence-electron chi connectivity index (χ4n) is 3.71. The summed E-state index contributed by atoms with van der Waals surface area (Å²) < 4.78 is 80.4. The highest BCUT2D eigenvalue weighted by molar-refractivity contribution is 7.91. The van der Waals surface area contributed by atoms with Gasteiger partial charge in [0.2, 0.25) is 27.7 Å². The Kier molecular flexibility index (Phi) is 9.16. The van der Waals surface area contributed by atoms with E-state index in [0.717, 1.165) is 0 Å². The molecule has 0 spiro atoms. The number of nitrogen functional groups attached to an aromatic ring is 1. The van der Waals surface area contributed by atoms with Gasteiger partial charge >= 0.3 is 0 Å². The molecule has 0 bridgehead atoms. The summed E-state index contributed by atoms with van der Waals surface area (Å²) in [4.78, 5) is 11.7. The third kappa shape index (κ3) is 7.45. The number of benzene rings is 1. The maximum absolute atomic E-state index is 14.7. The summed E-state index contributed by atoms with van der Waals surface area (Å²) in [5.74, 6) is -6.42. The SMILES string of the molecule is C1CCNCC1.Cc1cc(CS(=O)(=O)Nc2c(F)cc(Oc3ncccc3-c3ccnc(N)n3)c(F)c2F)no1. The number of rotatable bonds is 7. The molecule has 3 aromatic heterocycles. The number of aromatic nitrogens is 4. The molecule has 1 fully saturated rings. The number of aryl methyl sites for hydroxylation is 1.